The standard InChI is InChI=1S/C12H14ClF2NO2/c1-7(2)16-11(17)12(14,15)18-10-5-4-9(13)6-8(10)3/h4-7H,1-3H3,(H,16,17). The Labute approximate surface area is 109 Å². The maximum Gasteiger partial charge on any atom is 0.482 e. The van der Waals surface area contributed by atoms with Crippen LogP contribution in [0.2, 0.25) is 5.02 Å². The number of hydrogen-bond acceptors (Lipinski definition) is 2. The largest absolute Gasteiger partial charge is 0.482 e. The van der Waals surface area contributed by atoms with Crippen molar-refractivity contribution < 1.29 is 18.3 Å². The van der Waals surface area contributed by atoms with Gasteiger partial charge in [-0.2, -0.15) is 8.78 Å². The molecule has 1 N–H and O–H groups in total. The molecular formula is C12H14ClF2NO2. The molecule has 18 heavy (non-hydrogen) atoms. The van der Waals surface area contributed by atoms with E-state index < -0.39 is 18.1 Å². The summed E-state index contributed by atoms with van der Waals surface area (Å²) in [5.41, 5.74) is 0.430. The SMILES string of the molecule is Cc1cc(Cl)ccc1OC(F)(F)C(=O)NC(C)C. The number of halogens is 3. The van der Waals surface area contributed by atoms with Gasteiger partial charge < -0.3 is 10.1 Å². The molecule has 0 aromatic heterocycles. The van der Waals surface area contributed by atoms with Gasteiger partial charge in [0.05, 0.1) is 0 Å². The molecule has 0 fully saturated rings. The average molecular weight is 278 g/mol. The summed E-state index contributed by atoms with van der Waals surface area (Å²) in [4.78, 5) is 11.2. The molecule has 0 heterocycles. The van der Waals surface area contributed by atoms with Crippen LogP contribution >= 0.6 is 11.6 Å². The van der Waals surface area contributed by atoms with E-state index in [-0.39, 0.29) is 5.75 Å². The molecule has 6 heteroatoms. The molecular weight excluding hydrogens is 264 g/mol. The van der Waals surface area contributed by atoms with Crippen LogP contribution in [-0.4, -0.2) is 18.1 Å². The summed E-state index contributed by atoms with van der Waals surface area (Å²) in [5.74, 6) is -1.55. The van der Waals surface area contributed by atoms with Crippen molar-refractivity contribution in [1.82, 2.24) is 5.32 Å². The quantitative estimate of drug-likeness (QED) is 0.918. The van der Waals surface area contributed by atoms with Gasteiger partial charge in [-0.05, 0) is 44.5 Å². The van der Waals surface area contributed by atoms with E-state index in [4.69, 9.17) is 11.6 Å². The minimum atomic E-state index is -3.91. The summed E-state index contributed by atoms with van der Waals surface area (Å²) in [7, 11) is 0. The lowest BCUT2D eigenvalue weighted by Gasteiger charge is -2.19. The van der Waals surface area contributed by atoms with Crippen molar-refractivity contribution in [3.05, 3.63) is 28.8 Å². The number of nitrogens with one attached hydrogen (secondary N) is 1. The number of hydrogen-bond donors (Lipinski definition) is 1. The Morgan fingerprint density at radius 2 is 2.06 bits per heavy atom. The van der Waals surface area contributed by atoms with Crippen LogP contribution in [0.15, 0.2) is 18.2 Å². The van der Waals surface area contributed by atoms with Crippen molar-refractivity contribution in [2.24, 2.45) is 0 Å². The first kappa shape index (κ1) is 14.7. The summed E-state index contributed by atoms with van der Waals surface area (Å²) in [5, 5.41) is 2.51. The van der Waals surface area contributed by atoms with Crippen LogP contribution in [0.5, 0.6) is 5.75 Å². The minimum Gasteiger partial charge on any atom is -0.425 e. The van der Waals surface area contributed by atoms with E-state index in [1.165, 1.54) is 18.2 Å². The zero-order valence-corrected chi connectivity index (χ0v) is 11.0. The van der Waals surface area contributed by atoms with Crippen molar-refractivity contribution in [2.75, 3.05) is 0 Å². The van der Waals surface area contributed by atoms with Gasteiger partial charge in [-0.1, -0.05) is 11.6 Å². The fraction of sp³-hybridized carbons (Fsp3) is 0.417. The molecule has 0 bridgehead atoms. The molecule has 0 aliphatic heterocycles. The van der Waals surface area contributed by atoms with Crippen LogP contribution in [0, 0.1) is 6.92 Å². The number of alkyl halides is 2. The van der Waals surface area contributed by atoms with Crippen molar-refractivity contribution in [3.8, 4) is 5.75 Å². The fourth-order valence-corrected chi connectivity index (χ4v) is 1.48. The molecule has 3 nitrogen and oxygen atoms in total. The summed E-state index contributed by atoms with van der Waals surface area (Å²) in [6.07, 6.45) is -3.91. The van der Waals surface area contributed by atoms with E-state index in [0.717, 1.165) is 0 Å². The van der Waals surface area contributed by atoms with Crippen molar-refractivity contribution in [2.45, 2.75) is 32.9 Å². The Hall–Kier alpha value is -1.36. The average Bonchev–Trinajstić information content (AvgIpc) is 2.21. The van der Waals surface area contributed by atoms with Crippen molar-refractivity contribution in [1.29, 1.82) is 0 Å². The normalized spacial score (nSPS) is 11.5. The molecule has 0 saturated carbocycles. The molecule has 0 unspecified atom stereocenters. The molecule has 0 aliphatic carbocycles. The third kappa shape index (κ3) is 3.84. The zero-order chi connectivity index (χ0) is 13.9. The van der Waals surface area contributed by atoms with E-state index in [2.05, 4.69) is 10.1 Å². The first-order valence-electron chi connectivity index (χ1n) is 5.36. The summed E-state index contributed by atoms with van der Waals surface area (Å²) in [6.45, 7) is 4.74. The highest BCUT2D eigenvalue weighted by Crippen LogP contribution is 2.27. The van der Waals surface area contributed by atoms with Crippen LogP contribution in [0.25, 0.3) is 0 Å². The van der Waals surface area contributed by atoms with Gasteiger partial charge >= 0.3 is 12.0 Å². The molecule has 0 saturated heterocycles. The smallest absolute Gasteiger partial charge is 0.425 e. The lowest BCUT2D eigenvalue weighted by Crippen LogP contribution is -2.46. The Balaban J connectivity index is 2.84. The number of benzene rings is 1. The first-order chi connectivity index (χ1) is 8.22. The number of carbonyl (C=O) groups excluding carboxylic acids is 1. The third-order valence-corrected chi connectivity index (χ3v) is 2.29. The molecule has 1 amide bonds. The lowest BCUT2D eigenvalue weighted by atomic mass is 10.2. The van der Waals surface area contributed by atoms with Gasteiger partial charge in [-0.15, -0.1) is 0 Å². The maximum atomic E-state index is 13.5. The first-order valence-corrected chi connectivity index (χ1v) is 5.74. The molecule has 1 rings (SSSR count). The Morgan fingerprint density at radius 1 is 1.44 bits per heavy atom. The minimum absolute atomic E-state index is 0.0803. The highest BCUT2D eigenvalue weighted by molar-refractivity contribution is 6.30. The second-order valence-corrected chi connectivity index (χ2v) is 4.59. The summed E-state index contributed by atoms with van der Waals surface area (Å²) in [6, 6.07) is 3.81. The van der Waals surface area contributed by atoms with Gasteiger partial charge in [0, 0.05) is 11.1 Å². The van der Waals surface area contributed by atoms with E-state index in [1.54, 1.807) is 20.8 Å². The Bertz CT molecular complexity index is 450. The predicted molar refractivity (Wildman–Crippen MR) is 65.0 cm³/mol. The van der Waals surface area contributed by atoms with Crippen LogP contribution in [0.4, 0.5) is 8.78 Å². The van der Waals surface area contributed by atoms with Crippen molar-refractivity contribution in [3.63, 3.8) is 0 Å². The number of ether oxygens (including phenoxy) is 1. The summed E-state index contributed by atoms with van der Waals surface area (Å²) >= 11 is 5.70. The van der Waals surface area contributed by atoms with E-state index >= 15 is 0 Å². The predicted octanol–water partition coefficient (Wildman–Crippen LogP) is 3.14. The molecule has 0 radical (unpaired) electrons. The van der Waals surface area contributed by atoms with E-state index in [1.807, 2.05) is 0 Å². The van der Waals surface area contributed by atoms with Crippen molar-refractivity contribution >= 4 is 17.5 Å². The fourth-order valence-electron chi connectivity index (χ4n) is 1.26. The molecule has 0 spiro atoms. The number of aryl methyl sites for hydroxylation is 1. The third-order valence-electron chi connectivity index (χ3n) is 2.06. The van der Waals surface area contributed by atoms with Crippen LogP contribution in [0.3, 0.4) is 0 Å². The van der Waals surface area contributed by atoms with E-state index in [0.29, 0.717) is 10.6 Å². The summed E-state index contributed by atoms with van der Waals surface area (Å²) < 4.78 is 31.4. The number of rotatable bonds is 4. The van der Waals surface area contributed by atoms with E-state index in [9.17, 15) is 13.6 Å². The second-order valence-electron chi connectivity index (χ2n) is 4.16. The molecule has 0 atom stereocenters. The Morgan fingerprint density at radius 3 is 2.56 bits per heavy atom. The highest BCUT2D eigenvalue weighted by Gasteiger charge is 2.42. The second kappa shape index (κ2) is 5.52. The van der Waals surface area contributed by atoms with Gasteiger partial charge in [0.1, 0.15) is 5.75 Å². The van der Waals surface area contributed by atoms with Crippen LogP contribution in [-0.2, 0) is 4.79 Å². The van der Waals surface area contributed by atoms with Crippen LogP contribution < -0.4 is 10.1 Å². The topological polar surface area (TPSA) is 38.3 Å². The zero-order valence-electron chi connectivity index (χ0n) is 10.3. The molecule has 100 valence electrons. The highest BCUT2D eigenvalue weighted by atomic mass is 35.5. The van der Waals surface area contributed by atoms with Gasteiger partial charge in [-0.3, -0.25) is 4.79 Å². The maximum absolute atomic E-state index is 13.5. The lowest BCUT2D eigenvalue weighted by molar-refractivity contribution is -0.193. The van der Waals surface area contributed by atoms with Gasteiger partial charge in [0.2, 0.25) is 0 Å². The van der Waals surface area contributed by atoms with Gasteiger partial charge in [0.25, 0.3) is 0 Å². The monoisotopic (exact) mass is 277 g/mol. The van der Waals surface area contributed by atoms with Gasteiger partial charge in [0.15, 0.2) is 0 Å². The Kier molecular flexibility index (Phi) is 4.51. The van der Waals surface area contributed by atoms with Gasteiger partial charge in [-0.25, -0.2) is 0 Å². The van der Waals surface area contributed by atoms with Crippen LogP contribution in [0.1, 0.15) is 19.4 Å². The molecule has 1 aromatic rings. The molecule has 1 aromatic carbocycles. The number of carbonyl (C=O) groups is 1. The number of amides is 1. The molecule has 0 aliphatic rings.